The van der Waals surface area contributed by atoms with E-state index in [0.29, 0.717) is 5.82 Å². The zero-order valence-electron chi connectivity index (χ0n) is 9.42. The third-order valence-corrected chi connectivity index (χ3v) is 2.14. The molecule has 0 aliphatic heterocycles. The predicted octanol–water partition coefficient (Wildman–Crippen LogP) is 1.55. The first-order valence-electron chi connectivity index (χ1n) is 5.18. The lowest BCUT2D eigenvalue weighted by Gasteiger charge is -2.05. The lowest BCUT2D eigenvalue weighted by Crippen LogP contribution is -2.27. The Bertz CT molecular complexity index is 496. The van der Waals surface area contributed by atoms with Crippen LogP contribution in [0.1, 0.15) is 0 Å². The van der Waals surface area contributed by atoms with Gasteiger partial charge in [-0.3, -0.25) is 5.32 Å². The van der Waals surface area contributed by atoms with Crippen molar-refractivity contribution in [2.75, 3.05) is 10.6 Å². The minimum absolute atomic E-state index is 0.308. The normalized spacial score (nSPS) is 9.71. The first-order valence-corrected chi connectivity index (χ1v) is 5.18. The highest BCUT2D eigenvalue weighted by Crippen LogP contribution is 2.04. The van der Waals surface area contributed by atoms with Crippen LogP contribution in [0.3, 0.4) is 0 Å². The van der Waals surface area contributed by atoms with Crippen molar-refractivity contribution in [2.45, 2.75) is 0 Å². The molecule has 0 bridgehead atoms. The molecule has 0 radical (unpaired) electrons. The number of carbonyl (C=O) groups excluding carboxylic acids is 1. The van der Waals surface area contributed by atoms with Crippen molar-refractivity contribution in [1.82, 2.24) is 4.98 Å². The highest BCUT2D eigenvalue weighted by atomic mass is 16.2. The van der Waals surface area contributed by atoms with Gasteiger partial charge >= 0.3 is 6.03 Å². The number of aromatic nitrogens is 2. The maximum Gasteiger partial charge on any atom is 0.324 e. The van der Waals surface area contributed by atoms with Gasteiger partial charge in [-0.1, -0.05) is 6.07 Å². The zero-order valence-corrected chi connectivity index (χ0v) is 9.42. The Morgan fingerprint density at radius 3 is 2.59 bits per heavy atom. The Balaban J connectivity index is 1.96. The van der Waals surface area contributed by atoms with Gasteiger partial charge < -0.3 is 5.32 Å². The molecule has 0 aliphatic rings. The van der Waals surface area contributed by atoms with Crippen LogP contribution in [0, 0.1) is 0 Å². The molecular formula is C12H13N4O+. The van der Waals surface area contributed by atoms with Crippen LogP contribution in [-0.2, 0) is 7.05 Å². The molecular weight excluding hydrogens is 216 g/mol. The fourth-order valence-corrected chi connectivity index (χ4v) is 1.30. The van der Waals surface area contributed by atoms with Crippen LogP contribution in [0.2, 0.25) is 0 Å². The molecule has 86 valence electrons. The van der Waals surface area contributed by atoms with E-state index in [9.17, 15) is 4.79 Å². The third-order valence-electron chi connectivity index (χ3n) is 2.14. The molecule has 5 heteroatoms. The van der Waals surface area contributed by atoms with E-state index in [-0.39, 0.29) is 6.03 Å². The summed E-state index contributed by atoms with van der Waals surface area (Å²) < 4.78 is 1.89. The van der Waals surface area contributed by atoms with Crippen molar-refractivity contribution in [3.05, 3.63) is 48.9 Å². The van der Waals surface area contributed by atoms with E-state index in [1.54, 1.807) is 18.3 Å². The zero-order chi connectivity index (χ0) is 12.1. The van der Waals surface area contributed by atoms with E-state index in [4.69, 9.17) is 0 Å². The van der Waals surface area contributed by atoms with E-state index in [1.165, 1.54) is 0 Å². The standard InChI is InChI=1S/C12H12N4O/c1-16-8-5-10(6-9-16)14-12(17)15-11-4-2-3-7-13-11/h2-9H,1H3,(H,13,15,17)/p+1. The topological polar surface area (TPSA) is 57.9 Å². The van der Waals surface area contributed by atoms with Crippen LogP contribution < -0.4 is 15.2 Å². The number of aryl methyl sites for hydroxylation is 1. The van der Waals surface area contributed by atoms with Crippen molar-refractivity contribution < 1.29 is 9.36 Å². The molecule has 0 saturated carbocycles. The summed E-state index contributed by atoms with van der Waals surface area (Å²) in [4.78, 5) is 15.6. The lowest BCUT2D eigenvalue weighted by molar-refractivity contribution is -0.671. The Labute approximate surface area is 99.1 Å². The number of urea groups is 1. The smallest absolute Gasteiger partial charge is 0.307 e. The largest absolute Gasteiger partial charge is 0.324 e. The van der Waals surface area contributed by atoms with Gasteiger partial charge in [0.15, 0.2) is 12.4 Å². The average molecular weight is 229 g/mol. The van der Waals surface area contributed by atoms with Gasteiger partial charge in [0.2, 0.25) is 0 Å². The molecule has 2 aromatic rings. The third kappa shape index (κ3) is 3.27. The summed E-state index contributed by atoms with van der Waals surface area (Å²) >= 11 is 0. The van der Waals surface area contributed by atoms with Crippen LogP contribution in [-0.4, -0.2) is 11.0 Å². The highest BCUT2D eigenvalue weighted by molar-refractivity contribution is 5.98. The molecule has 5 nitrogen and oxygen atoms in total. The first-order chi connectivity index (χ1) is 8.24. The van der Waals surface area contributed by atoms with Crippen LogP contribution >= 0.6 is 0 Å². The van der Waals surface area contributed by atoms with E-state index >= 15 is 0 Å². The molecule has 0 saturated heterocycles. The number of anilines is 2. The van der Waals surface area contributed by atoms with Crippen molar-refractivity contribution in [3.63, 3.8) is 0 Å². The Morgan fingerprint density at radius 2 is 1.94 bits per heavy atom. The lowest BCUT2D eigenvalue weighted by atomic mass is 10.4. The van der Waals surface area contributed by atoms with Gasteiger partial charge in [-0.25, -0.2) is 14.3 Å². The van der Waals surface area contributed by atoms with Gasteiger partial charge in [0.25, 0.3) is 0 Å². The van der Waals surface area contributed by atoms with E-state index in [2.05, 4.69) is 15.6 Å². The summed E-state index contributed by atoms with van der Waals surface area (Å²) in [6, 6.07) is 8.66. The van der Waals surface area contributed by atoms with Crippen molar-refractivity contribution >= 4 is 17.5 Å². The number of hydrogen-bond donors (Lipinski definition) is 2. The van der Waals surface area contributed by atoms with Crippen molar-refractivity contribution in [1.29, 1.82) is 0 Å². The number of hydrogen-bond acceptors (Lipinski definition) is 2. The number of rotatable bonds is 2. The fourth-order valence-electron chi connectivity index (χ4n) is 1.30. The molecule has 0 unspecified atom stereocenters. The molecule has 0 fully saturated rings. The summed E-state index contributed by atoms with van der Waals surface area (Å²) in [7, 11) is 1.91. The van der Waals surface area contributed by atoms with Crippen LogP contribution in [0.15, 0.2) is 48.9 Å². The van der Waals surface area contributed by atoms with Crippen LogP contribution in [0.4, 0.5) is 16.3 Å². The monoisotopic (exact) mass is 229 g/mol. The first kappa shape index (κ1) is 11.1. The van der Waals surface area contributed by atoms with Gasteiger partial charge in [-0.2, -0.15) is 0 Å². The second-order valence-corrected chi connectivity index (χ2v) is 3.55. The summed E-state index contributed by atoms with van der Waals surface area (Å²) in [6.07, 6.45) is 5.34. The minimum Gasteiger partial charge on any atom is -0.307 e. The maximum atomic E-state index is 11.6. The molecule has 2 N–H and O–H groups in total. The summed E-state index contributed by atoms with van der Waals surface area (Å²) in [6.45, 7) is 0. The van der Waals surface area contributed by atoms with Gasteiger partial charge in [-0.05, 0) is 12.1 Å². The van der Waals surface area contributed by atoms with E-state index < -0.39 is 0 Å². The number of amides is 2. The minimum atomic E-state index is -0.308. The molecule has 2 aromatic heterocycles. The van der Waals surface area contributed by atoms with Crippen LogP contribution in [0.25, 0.3) is 0 Å². The van der Waals surface area contributed by atoms with E-state index in [1.807, 2.05) is 42.2 Å². The predicted molar refractivity (Wildman–Crippen MR) is 64.5 cm³/mol. The Hall–Kier alpha value is -2.43. The number of nitrogens with one attached hydrogen (secondary N) is 2. The quantitative estimate of drug-likeness (QED) is 0.768. The van der Waals surface area contributed by atoms with Crippen molar-refractivity contribution in [3.8, 4) is 0 Å². The van der Waals surface area contributed by atoms with E-state index in [0.717, 1.165) is 5.69 Å². The fraction of sp³-hybridized carbons (Fsp3) is 0.0833. The van der Waals surface area contributed by atoms with Crippen molar-refractivity contribution in [2.24, 2.45) is 7.05 Å². The second-order valence-electron chi connectivity index (χ2n) is 3.55. The summed E-state index contributed by atoms with van der Waals surface area (Å²) in [5, 5.41) is 5.35. The Kier molecular flexibility index (Phi) is 3.30. The SMILES string of the molecule is C[n+]1ccc(NC(=O)Nc2ccccn2)cc1. The van der Waals surface area contributed by atoms with Gasteiger partial charge in [-0.15, -0.1) is 0 Å². The molecule has 2 amide bonds. The summed E-state index contributed by atoms with van der Waals surface area (Å²) in [5.41, 5.74) is 0.733. The molecule has 2 rings (SSSR count). The number of nitrogens with zero attached hydrogens (tertiary/aromatic N) is 2. The number of pyridine rings is 2. The highest BCUT2D eigenvalue weighted by Gasteiger charge is 2.03. The molecule has 2 heterocycles. The summed E-state index contributed by atoms with van der Waals surface area (Å²) in [5.74, 6) is 0.520. The molecule has 17 heavy (non-hydrogen) atoms. The second kappa shape index (κ2) is 5.07. The average Bonchev–Trinajstić information content (AvgIpc) is 2.33. The number of carbonyl (C=O) groups is 1. The van der Waals surface area contributed by atoms with Crippen LogP contribution in [0.5, 0.6) is 0 Å². The molecule has 0 aromatic carbocycles. The molecule has 0 aliphatic carbocycles. The van der Waals surface area contributed by atoms with Gasteiger partial charge in [0, 0.05) is 18.3 Å². The Morgan fingerprint density at radius 1 is 1.18 bits per heavy atom. The molecule has 0 atom stereocenters. The molecule has 0 spiro atoms. The van der Waals surface area contributed by atoms with Gasteiger partial charge in [0.05, 0.1) is 5.69 Å². The van der Waals surface area contributed by atoms with Gasteiger partial charge in [0.1, 0.15) is 12.9 Å². The maximum absolute atomic E-state index is 11.6.